The summed E-state index contributed by atoms with van der Waals surface area (Å²) in [6.45, 7) is 1.74. The van der Waals surface area contributed by atoms with Gasteiger partial charge >= 0.3 is 0 Å². The van der Waals surface area contributed by atoms with Crippen molar-refractivity contribution in [1.29, 1.82) is 5.26 Å². The third-order valence-corrected chi connectivity index (χ3v) is 2.79. The smallest absolute Gasteiger partial charge is 0.230 e. The van der Waals surface area contributed by atoms with Gasteiger partial charge in [-0.2, -0.15) is 5.26 Å². The highest BCUT2D eigenvalue weighted by molar-refractivity contribution is 8.00. The lowest BCUT2D eigenvalue weighted by Gasteiger charge is -2.06. The van der Waals surface area contributed by atoms with Gasteiger partial charge in [0.1, 0.15) is 0 Å². The maximum absolute atomic E-state index is 10.8. The minimum absolute atomic E-state index is 0.274. The molecule has 1 atom stereocenters. The number of nitrogens with zero attached hydrogens (tertiary/aromatic N) is 1. The molecule has 0 radical (unpaired) electrons. The minimum Gasteiger partial charge on any atom is -0.369 e. The van der Waals surface area contributed by atoms with E-state index < -0.39 is 0 Å². The second kappa shape index (κ2) is 4.68. The number of nitriles is 1. The molecule has 14 heavy (non-hydrogen) atoms. The molecule has 0 fully saturated rings. The van der Waals surface area contributed by atoms with Crippen LogP contribution in [-0.2, 0) is 4.79 Å². The Morgan fingerprint density at radius 1 is 1.64 bits per heavy atom. The molecule has 1 amide bonds. The van der Waals surface area contributed by atoms with Crippen LogP contribution >= 0.6 is 11.8 Å². The Labute approximate surface area is 86.9 Å². The zero-order chi connectivity index (χ0) is 10.6. The monoisotopic (exact) mass is 206 g/mol. The number of benzene rings is 1. The number of primary amides is 1. The van der Waals surface area contributed by atoms with Crippen LogP contribution in [0.3, 0.4) is 0 Å². The second-order valence-corrected chi connectivity index (χ2v) is 4.22. The molecule has 0 aromatic heterocycles. The lowest BCUT2D eigenvalue weighted by atomic mass is 10.2. The van der Waals surface area contributed by atoms with Crippen molar-refractivity contribution in [2.75, 3.05) is 0 Å². The van der Waals surface area contributed by atoms with E-state index in [9.17, 15) is 4.79 Å². The number of carbonyl (C=O) groups excluding carboxylic acids is 1. The van der Waals surface area contributed by atoms with Crippen LogP contribution in [0.15, 0.2) is 29.2 Å². The number of amides is 1. The highest BCUT2D eigenvalue weighted by Crippen LogP contribution is 2.23. The fraction of sp³-hybridized carbons (Fsp3) is 0.200. The van der Waals surface area contributed by atoms with E-state index in [-0.39, 0.29) is 11.2 Å². The third kappa shape index (κ3) is 2.79. The lowest BCUT2D eigenvalue weighted by Crippen LogP contribution is -2.22. The average Bonchev–Trinajstić information content (AvgIpc) is 2.18. The van der Waals surface area contributed by atoms with Crippen molar-refractivity contribution in [3.05, 3.63) is 29.8 Å². The van der Waals surface area contributed by atoms with Crippen molar-refractivity contribution >= 4 is 17.7 Å². The zero-order valence-corrected chi connectivity index (χ0v) is 8.54. The highest BCUT2D eigenvalue weighted by atomic mass is 32.2. The van der Waals surface area contributed by atoms with Gasteiger partial charge in [0.15, 0.2) is 0 Å². The fourth-order valence-electron chi connectivity index (χ4n) is 0.901. The first-order valence-corrected chi connectivity index (χ1v) is 4.97. The van der Waals surface area contributed by atoms with Gasteiger partial charge in [-0.15, -0.1) is 11.8 Å². The summed E-state index contributed by atoms with van der Waals surface area (Å²) in [4.78, 5) is 11.7. The van der Waals surface area contributed by atoms with E-state index in [1.807, 2.05) is 12.1 Å². The molecule has 0 heterocycles. The molecular formula is C10H10N2OS. The molecule has 3 nitrogen and oxygen atoms in total. The molecule has 0 aliphatic heterocycles. The van der Waals surface area contributed by atoms with E-state index in [1.54, 1.807) is 25.1 Å². The van der Waals surface area contributed by atoms with E-state index >= 15 is 0 Å². The molecule has 0 spiro atoms. The quantitative estimate of drug-likeness (QED) is 0.762. The van der Waals surface area contributed by atoms with Gasteiger partial charge in [0.05, 0.1) is 16.9 Å². The van der Waals surface area contributed by atoms with Crippen molar-refractivity contribution < 1.29 is 4.79 Å². The summed E-state index contributed by atoms with van der Waals surface area (Å²) < 4.78 is 0. The van der Waals surface area contributed by atoms with Crippen molar-refractivity contribution in [3.8, 4) is 6.07 Å². The van der Waals surface area contributed by atoms with Crippen molar-refractivity contribution in [1.82, 2.24) is 0 Å². The zero-order valence-electron chi connectivity index (χ0n) is 7.73. The molecule has 72 valence electrons. The average molecular weight is 206 g/mol. The molecule has 2 N–H and O–H groups in total. The molecule has 0 unspecified atom stereocenters. The molecule has 1 aromatic rings. The van der Waals surface area contributed by atoms with Crippen molar-refractivity contribution in [2.45, 2.75) is 17.1 Å². The SMILES string of the molecule is C[C@@H](Sc1cccc(C#N)c1)C(N)=O. The maximum Gasteiger partial charge on any atom is 0.230 e. The Bertz CT molecular complexity index is 384. The minimum atomic E-state index is -0.350. The summed E-state index contributed by atoms with van der Waals surface area (Å²) >= 11 is 1.36. The highest BCUT2D eigenvalue weighted by Gasteiger charge is 2.09. The maximum atomic E-state index is 10.8. The Balaban J connectivity index is 2.78. The molecular weight excluding hydrogens is 196 g/mol. The third-order valence-electron chi connectivity index (χ3n) is 1.68. The van der Waals surface area contributed by atoms with Gasteiger partial charge in [-0.25, -0.2) is 0 Å². The van der Waals surface area contributed by atoms with Gasteiger partial charge in [-0.05, 0) is 25.1 Å². The van der Waals surface area contributed by atoms with Crippen LogP contribution in [0.5, 0.6) is 0 Å². The number of rotatable bonds is 3. The topological polar surface area (TPSA) is 66.9 Å². The first kappa shape index (κ1) is 10.6. The normalized spacial score (nSPS) is 11.7. The molecule has 0 saturated heterocycles. The number of nitrogens with two attached hydrogens (primary N) is 1. The van der Waals surface area contributed by atoms with E-state index in [2.05, 4.69) is 0 Å². The molecule has 0 saturated carbocycles. The summed E-state index contributed by atoms with van der Waals surface area (Å²) in [5.41, 5.74) is 5.72. The predicted molar refractivity (Wildman–Crippen MR) is 55.7 cm³/mol. The summed E-state index contributed by atoms with van der Waals surface area (Å²) in [5, 5.41) is 8.38. The molecule has 0 bridgehead atoms. The molecule has 4 heteroatoms. The van der Waals surface area contributed by atoms with Gasteiger partial charge < -0.3 is 5.73 Å². The fourth-order valence-corrected chi connectivity index (χ4v) is 1.78. The second-order valence-electron chi connectivity index (χ2n) is 2.80. The van der Waals surface area contributed by atoms with Crippen molar-refractivity contribution in [3.63, 3.8) is 0 Å². The number of hydrogen-bond acceptors (Lipinski definition) is 3. The van der Waals surface area contributed by atoms with Crippen LogP contribution in [-0.4, -0.2) is 11.2 Å². The van der Waals surface area contributed by atoms with E-state index in [4.69, 9.17) is 11.0 Å². The van der Waals surface area contributed by atoms with Gasteiger partial charge in [0.2, 0.25) is 5.91 Å². The predicted octanol–water partition coefficient (Wildman–Crippen LogP) is 1.52. The number of thioether (sulfide) groups is 1. The first-order chi connectivity index (χ1) is 6.63. The number of hydrogen-bond donors (Lipinski definition) is 1. The summed E-state index contributed by atoms with van der Waals surface area (Å²) in [7, 11) is 0. The van der Waals surface area contributed by atoms with Gasteiger partial charge in [0.25, 0.3) is 0 Å². The standard InChI is InChI=1S/C10H10N2OS/c1-7(10(12)13)14-9-4-2-3-8(5-9)6-11/h2-5,7H,1H3,(H2,12,13)/t7-/m1/s1. The van der Waals surface area contributed by atoms with Crippen LogP contribution in [0.1, 0.15) is 12.5 Å². The van der Waals surface area contributed by atoms with Crippen LogP contribution in [0.25, 0.3) is 0 Å². The number of carbonyl (C=O) groups is 1. The Hall–Kier alpha value is -1.47. The Kier molecular flexibility index (Phi) is 3.55. The Morgan fingerprint density at radius 2 is 2.36 bits per heavy atom. The Morgan fingerprint density at radius 3 is 2.93 bits per heavy atom. The molecule has 0 aliphatic rings. The summed E-state index contributed by atoms with van der Waals surface area (Å²) in [6, 6.07) is 9.14. The van der Waals surface area contributed by atoms with Gasteiger partial charge in [-0.3, -0.25) is 4.79 Å². The van der Waals surface area contributed by atoms with E-state index in [0.717, 1.165) is 4.90 Å². The summed E-state index contributed by atoms with van der Waals surface area (Å²) in [5.74, 6) is -0.350. The molecule has 1 rings (SSSR count). The van der Waals surface area contributed by atoms with Crippen molar-refractivity contribution in [2.24, 2.45) is 5.73 Å². The largest absolute Gasteiger partial charge is 0.369 e. The van der Waals surface area contributed by atoms with Crippen LogP contribution in [0.4, 0.5) is 0 Å². The van der Waals surface area contributed by atoms with Crippen LogP contribution in [0, 0.1) is 11.3 Å². The van der Waals surface area contributed by atoms with E-state index in [1.165, 1.54) is 11.8 Å². The molecule has 1 aromatic carbocycles. The van der Waals surface area contributed by atoms with Crippen LogP contribution < -0.4 is 5.73 Å². The first-order valence-electron chi connectivity index (χ1n) is 4.09. The van der Waals surface area contributed by atoms with Crippen LogP contribution in [0.2, 0.25) is 0 Å². The van der Waals surface area contributed by atoms with Gasteiger partial charge in [0, 0.05) is 4.90 Å². The van der Waals surface area contributed by atoms with E-state index in [0.29, 0.717) is 5.56 Å². The summed E-state index contributed by atoms with van der Waals surface area (Å²) in [6.07, 6.45) is 0. The lowest BCUT2D eigenvalue weighted by molar-refractivity contribution is -0.117. The molecule has 0 aliphatic carbocycles. The van der Waals surface area contributed by atoms with Gasteiger partial charge in [-0.1, -0.05) is 6.07 Å².